The lowest BCUT2D eigenvalue weighted by atomic mass is 10.1. The second-order valence-electron chi connectivity index (χ2n) is 4.52. The van der Waals surface area contributed by atoms with E-state index in [2.05, 4.69) is 0 Å². The molecule has 0 saturated heterocycles. The average molecular weight is 314 g/mol. The largest absolute Gasteiger partial charge is 0.478 e. The molecule has 23 heavy (non-hydrogen) atoms. The fraction of sp³-hybridized carbons (Fsp3) is 0.118. The minimum Gasteiger partial charge on any atom is -0.478 e. The third kappa shape index (κ3) is 4.16. The molecule has 0 aliphatic heterocycles. The fourth-order valence-corrected chi connectivity index (χ4v) is 1.79. The highest BCUT2D eigenvalue weighted by Gasteiger charge is 2.11. The first-order chi connectivity index (χ1) is 11.0. The van der Waals surface area contributed by atoms with Gasteiger partial charge in [-0.1, -0.05) is 0 Å². The normalized spacial score (nSPS) is 9.96. The first kappa shape index (κ1) is 16.2. The highest BCUT2D eigenvalue weighted by molar-refractivity contribution is 5.94. The Morgan fingerprint density at radius 2 is 1.30 bits per heavy atom. The number of carboxylic acid groups (broad SMARTS) is 1. The number of carbonyl (C=O) groups excluding carboxylic acids is 2. The summed E-state index contributed by atoms with van der Waals surface area (Å²) in [6.07, 6.45) is 0. The lowest BCUT2D eigenvalue weighted by Crippen LogP contribution is -2.09. The van der Waals surface area contributed by atoms with Crippen molar-refractivity contribution in [2.75, 3.05) is 6.61 Å². The number of carbonyl (C=O) groups is 3. The van der Waals surface area contributed by atoms with Crippen LogP contribution < -0.4 is 4.74 Å². The first-order valence-electron chi connectivity index (χ1n) is 6.84. The summed E-state index contributed by atoms with van der Waals surface area (Å²) in [5.41, 5.74) is 0.669. The van der Waals surface area contributed by atoms with Crippen molar-refractivity contribution >= 4 is 17.9 Å². The topological polar surface area (TPSA) is 89.9 Å². The number of hydrogen-bond acceptors (Lipinski definition) is 5. The Hall–Kier alpha value is -3.15. The van der Waals surface area contributed by atoms with Gasteiger partial charge in [-0.15, -0.1) is 0 Å². The SMILES string of the molecule is CCOC(=O)c1ccc(OC(=O)c2ccc(C(=O)O)cc2)cc1. The third-order valence-corrected chi connectivity index (χ3v) is 2.94. The van der Waals surface area contributed by atoms with Gasteiger partial charge < -0.3 is 14.6 Å². The standard InChI is InChI=1S/C17H14O6/c1-2-22-16(20)12-7-9-14(10-8-12)23-17(21)13-5-3-11(4-6-13)15(18)19/h3-10H,2H2,1H3,(H,18,19). The van der Waals surface area contributed by atoms with Gasteiger partial charge in [0, 0.05) is 0 Å². The van der Waals surface area contributed by atoms with Crippen molar-refractivity contribution in [2.45, 2.75) is 6.92 Å². The fourth-order valence-electron chi connectivity index (χ4n) is 1.79. The molecule has 0 fully saturated rings. The molecule has 0 amide bonds. The van der Waals surface area contributed by atoms with E-state index in [-0.39, 0.29) is 23.5 Å². The number of ether oxygens (including phenoxy) is 2. The van der Waals surface area contributed by atoms with E-state index < -0.39 is 17.9 Å². The van der Waals surface area contributed by atoms with Crippen molar-refractivity contribution in [1.29, 1.82) is 0 Å². The van der Waals surface area contributed by atoms with Crippen molar-refractivity contribution in [3.05, 3.63) is 65.2 Å². The van der Waals surface area contributed by atoms with Crippen molar-refractivity contribution in [1.82, 2.24) is 0 Å². The molecule has 6 nitrogen and oxygen atoms in total. The van der Waals surface area contributed by atoms with Gasteiger partial charge in [-0.25, -0.2) is 14.4 Å². The zero-order valence-electron chi connectivity index (χ0n) is 12.3. The van der Waals surface area contributed by atoms with Crippen molar-refractivity contribution in [3.63, 3.8) is 0 Å². The molecule has 0 heterocycles. The first-order valence-corrected chi connectivity index (χ1v) is 6.84. The van der Waals surface area contributed by atoms with E-state index in [0.717, 1.165) is 0 Å². The maximum absolute atomic E-state index is 12.0. The van der Waals surface area contributed by atoms with E-state index in [1.165, 1.54) is 48.5 Å². The smallest absolute Gasteiger partial charge is 0.343 e. The van der Waals surface area contributed by atoms with Crippen LogP contribution in [-0.4, -0.2) is 29.6 Å². The maximum atomic E-state index is 12.0. The molecule has 2 aromatic rings. The van der Waals surface area contributed by atoms with E-state index in [0.29, 0.717) is 5.56 Å². The number of benzene rings is 2. The van der Waals surface area contributed by atoms with E-state index in [1.807, 2.05) is 0 Å². The predicted octanol–water partition coefficient (Wildman–Crippen LogP) is 2.78. The van der Waals surface area contributed by atoms with Gasteiger partial charge in [0.25, 0.3) is 0 Å². The van der Waals surface area contributed by atoms with E-state index in [1.54, 1.807) is 6.92 Å². The predicted molar refractivity (Wildman–Crippen MR) is 80.8 cm³/mol. The molecule has 0 aliphatic rings. The van der Waals surface area contributed by atoms with Crippen molar-refractivity contribution in [3.8, 4) is 5.75 Å². The van der Waals surface area contributed by atoms with Gasteiger partial charge >= 0.3 is 17.9 Å². The van der Waals surface area contributed by atoms with E-state index in [9.17, 15) is 14.4 Å². The number of rotatable bonds is 5. The molecule has 0 radical (unpaired) electrons. The molecule has 0 saturated carbocycles. The van der Waals surface area contributed by atoms with Gasteiger partial charge in [0.1, 0.15) is 5.75 Å². The molecule has 0 aromatic heterocycles. The summed E-state index contributed by atoms with van der Waals surface area (Å²) in [4.78, 5) is 34.2. The van der Waals surface area contributed by atoms with Gasteiger partial charge in [-0.2, -0.15) is 0 Å². The molecular weight excluding hydrogens is 300 g/mol. The summed E-state index contributed by atoms with van der Waals surface area (Å²) in [6, 6.07) is 11.3. The molecule has 2 rings (SSSR count). The minimum absolute atomic E-state index is 0.0836. The van der Waals surface area contributed by atoms with Crippen LogP contribution in [0.5, 0.6) is 5.75 Å². The van der Waals surface area contributed by atoms with Crippen LogP contribution in [0.15, 0.2) is 48.5 Å². The third-order valence-electron chi connectivity index (χ3n) is 2.94. The quantitative estimate of drug-likeness (QED) is 0.674. The summed E-state index contributed by atoms with van der Waals surface area (Å²) in [6.45, 7) is 1.99. The van der Waals surface area contributed by atoms with Crippen LogP contribution in [0.1, 0.15) is 38.0 Å². The van der Waals surface area contributed by atoms with Crippen molar-refractivity contribution in [2.24, 2.45) is 0 Å². The molecule has 0 spiro atoms. The van der Waals surface area contributed by atoms with E-state index >= 15 is 0 Å². The van der Waals surface area contributed by atoms with Gasteiger partial charge in [-0.05, 0) is 55.5 Å². The van der Waals surface area contributed by atoms with Crippen LogP contribution in [0.3, 0.4) is 0 Å². The Labute approximate surface area is 132 Å². The van der Waals surface area contributed by atoms with Crippen LogP contribution >= 0.6 is 0 Å². The summed E-state index contributed by atoms with van der Waals surface area (Å²) in [5, 5.41) is 8.80. The van der Waals surface area contributed by atoms with E-state index in [4.69, 9.17) is 14.6 Å². The van der Waals surface area contributed by atoms with Gasteiger partial charge in [0.2, 0.25) is 0 Å². The van der Waals surface area contributed by atoms with Crippen LogP contribution in [0.4, 0.5) is 0 Å². The van der Waals surface area contributed by atoms with Crippen LogP contribution in [0.2, 0.25) is 0 Å². The summed E-state index contributed by atoms with van der Waals surface area (Å²) < 4.78 is 10.0. The lowest BCUT2D eigenvalue weighted by Gasteiger charge is -2.06. The number of carboxylic acids is 1. The lowest BCUT2D eigenvalue weighted by molar-refractivity contribution is 0.0525. The summed E-state index contributed by atoms with van der Waals surface area (Å²) in [5.74, 6) is -1.87. The molecular formula is C17H14O6. The van der Waals surface area contributed by atoms with Crippen LogP contribution in [-0.2, 0) is 4.74 Å². The Kier molecular flexibility index (Phi) is 5.09. The minimum atomic E-state index is -1.07. The van der Waals surface area contributed by atoms with Crippen LogP contribution in [0, 0.1) is 0 Å². The average Bonchev–Trinajstić information content (AvgIpc) is 2.55. The molecule has 0 atom stereocenters. The summed E-state index contributed by atoms with van der Waals surface area (Å²) in [7, 11) is 0. The number of esters is 2. The van der Waals surface area contributed by atoms with Gasteiger partial charge in [0.05, 0.1) is 23.3 Å². The Morgan fingerprint density at radius 1 is 0.826 bits per heavy atom. The molecule has 6 heteroatoms. The van der Waals surface area contributed by atoms with Gasteiger partial charge in [0.15, 0.2) is 0 Å². The highest BCUT2D eigenvalue weighted by Crippen LogP contribution is 2.15. The van der Waals surface area contributed by atoms with Crippen molar-refractivity contribution < 1.29 is 29.0 Å². The molecule has 0 unspecified atom stereocenters. The maximum Gasteiger partial charge on any atom is 0.343 e. The Morgan fingerprint density at radius 3 is 1.83 bits per heavy atom. The number of hydrogen-bond donors (Lipinski definition) is 1. The molecule has 1 N–H and O–H groups in total. The number of aromatic carboxylic acids is 1. The zero-order chi connectivity index (χ0) is 16.8. The Bertz CT molecular complexity index is 716. The second kappa shape index (κ2) is 7.22. The summed E-state index contributed by atoms with van der Waals surface area (Å²) >= 11 is 0. The molecule has 0 bridgehead atoms. The molecule has 118 valence electrons. The monoisotopic (exact) mass is 314 g/mol. The highest BCUT2D eigenvalue weighted by atomic mass is 16.5. The van der Waals surface area contributed by atoms with Crippen LogP contribution in [0.25, 0.3) is 0 Å². The van der Waals surface area contributed by atoms with Gasteiger partial charge in [-0.3, -0.25) is 0 Å². The zero-order valence-corrected chi connectivity index (χ0v) is 12.3. The molecule has 2 aromatic carbocycles. The Balaban J connectivity index is 2.05. The second-order valence-corrected chi connectivity index (χ2v) is 4.52. The molecule has 0 aliphatic carbocycles.